The lowest BCUT2D eigenvalue weighted by atomic mass is 10.1. The molecule has 0 aliphatic carbocycles. The quantitative estimate of drug-likeness (QED) is 0.745. The minimum Gasteiger partial charge on any atom is -0.335 e. The van der Waals surface area contributed by atoms with E-state index in [1.54, 1.807) is 17.0 Å². The first-order valence-corrected chi connectivity index (χ1v) is 4.89. The number of aryl methyl sites for hydroxylation is 1. The standard InChI is InChI=1S/C11H13FN2O/c1-7-2-3-10(12)9(4-7)11(15)14-5-8(13)6-14/h2-4,8H,5-6,13H2,1H3. The Morgan fingerprint density at radius 2 is 2.20 bits per heavy atom. The summed E-state index contributed by atoms with van der Waals surface area (Å²) in [6, 6.07) is 4.58. The number of rotatable bonds is 1. The number of likely N-dealkylation sites (tertiary alicyclic amines) is 1. The molecule has 1 aromatic rings. The molecule has 0 atom stereocenters. The predicted molar refractivity (Wildman–Crippen MR) is 55.0 cm³/mol. The van der Waals surface area contributed by atoms with Gasteiger partial charge in [-0.25, -0.2) is 4.39 Å². The summed E-state index contributed by atoms with van der Waals surface area (Å²) in [4.78, 5) is 13.3. The van der Waals surface area contributed by atoms with Gasteiger partial charge < -0.3 is 10.6 Å². The van der Waals surface area contributed by atoms with Gasteiger partial charge in [0.2, 0.25) is 0 Å². The molecule has 0 spiro atoms. The van der Waals surface area contributed by atoms with Gasteiger partial charge in [-0.2, -0.15) is 0 Å². The predicted octanol–water partition coefficient (Wildman–Crippen LogP) is 0.917. The summed E-state index contributed by atoms with van der Waals surface area (Å²) in [7, 11) is 0. The highest BCUT2D eigenvalue weighted by Crippen LogP contribution is 2.16. The summed E-state index contributed by atoms with van der Waals surface area (Å²) in [5, 5.41) is 0. The molecule has 0 saturated carbocycles. The third kappa shape index (κ3) is 1.85. The summed E-state index contributed by atoms with van der Waals surface area (Å²) < 4.78 is 13.4. The maximum Gasteiger partial charge on any atom is 0.256 e. The summed E-state index contributed by atoms with van der Waals surface area (Å²) in [6.45, 7) is 2.87. The average molecular weight is 208 g/mol. The molecule has 1 aliphatic rings. The zero-order chi connectivity index (χ0) is 11.0. The first-order chi connectivity index (χ1) is 7.08. The van der Waals surface area contributed by atoms with Crippen molar-refractivity contribution in [1.29, 1.82) is 0 Å². The van der Waals surface area contributed by atoms with Crippen LogP contribution in [0.25, 0.3) is 0 Å². The fraction of sp³-hybridized carbons (Fsp3) is 0.364. The first kappa shape index (κ1) is 10.1. The van der Waals surface area contributed by atoms with Crippen molar-refractivity contribution in [2.24, 2.45) is 5.73 Å². The van der Waals surface area contributed by atoms with Crippen LogP contribution in [-0.2, 0) is 0 Å². The Morgan fingerprint density at radius 1 is 1.53 bits per heavy atom. The van der Waals surface area contributed by atoms with E-state index in [1.165, 1.54) is 6.07 Å². The van der Waals surface area contributed by atoms with Crippen molar-refractivity contribution in [3.05, 3.63) is 35.1 Å². The second-order valence-corrected chi connectivity index (χ2v) is 3.95. The Balaban J connectivity index is 2.22. The lowest BCUT2D eigenvalue weighted by Gasteiger charge is -2.36. The molecule has 1 saturated heterocycles. The van der Waals surface area contributed by atoms with E-state index >= 15 is 0 Å². The molecule has 80 valence electrons. The number of carbonyl (C=O) groups is 1. The van der Waals surface area contributed by atoms with E-state index in [1.807, 2.05) is 6.92 Å². The Kier molecular flexibility index (Phi) is 2.44. The van der Waals surface area contributed by atoms with Crippen LogP contribution in [0.15, 0.2) is 18.2 Å². The van der Waals surface area contributed by atoms with E-state index < -0.39 is 5.82 Å². The molecular formula is C11H13FN2O. The smallest absolute Gasteiger partial charge is 0.256 e. The van der Waals surface area contributed by atoms with E-state index in [0.717, 1.165) is 5.56 Å². The van der Waals surface area contributed by atoms with Gasteiger partial charge in [0, 0.05) is 19.1 Å². The van der Waals surface area contributed by atoms with Gasteiger partial charge >= 0.3 is 0 Å². The second kappa shape index (κ2) is 3.62. The SMILES string of the molecule is Cc1ccc(F)c(C(=O)N2CC(N)C2)c1. The van der Waals surface area contributed by atoms with Crippen LogP contribution >= 0.6 is 0 Å². The van der Waals surface area contributed by atoms with Crippen LogP contribution in [0.5, 0.6) is 0 Å². The van der Waals surface area contributed by atoms with Gasteiger partial charge in [-0.3, -0.25) is 4.79 Å². The van der Waals surface area contributed by atoms with E-state index in [9.17, 15) is 9.18 Å². The molecule has 0 unspecified atom stereocenters. The molecule has 0 bridgehead atoms. The van der Waals surface area contributed by atoms with Crippen molar-refractivity contribution in [2.75, 3.05) is 13.1 Å². The zero-order valence-electron chi connectivity index (χ0n) is 8.53. The van der Waals surface area contributed by atoms with Gasteiger partial charge in [-0.1, -0.05) is 11.6 Å². The molecule has 4 heteroatoms. The monoisotopic (exact) mass is 208 g/mol. The molecule has 1 aromatic carbocycles. The molecule has 0 aromatic heterocycles. The van der Waals surface area contributed by atoms with Crippen molar-refractivity contribution in [1.82, 2.24) is 4.90 Å². The van der Waals surface area contributed by atoms with Gasteiger partial charge in [0.15, 0.2) is 0 Å². The molecular weight excluding hydrogens is 195 g/mol. The molecule has 3 nitrogen and oxygen atoms in total. The molecule has 2 N–H and O–H groups in total. The molecule has 1 amide bonds. The molecule has 1 aliphatic heterocycles. The topological polar surface area (TPSA) is 46.3 Å². The van der Waals surface area contributed by atoms with Gasteiger partial charge in [0.25, 0.3) is 5.91 Å². The van der Waals surface area contributed by atoms with Crippen molar-refractivity contribution < 1.29 is 9.18 Å². The van der Waals surface area contributed by atoms with Crippen LogP contribution in [0.3, 0.4) is 0 Å². The zero-order valence-corrected chi connectivity index (χ0v) is 8.53. The lowest BCUT2D eigenvalue weighted by molar-refractivity contribution is 0.0603. The number of nitrogens with zero attached hydrogens (tertiary/aromatic N) is 1. The van der Waals surface area contributed by atoms with E-state index in [-0.39, 0.29) is 17.5 Å². The lowest BCUT2D eigenvalue weighted by Crippen LogP contribution is -2.57. The van der Waals surface area contributed by atoms with Crippen LogP contribution < -0.4 is 5.73 Å². The number of hydrogen-bond donors (Lipinski definition) is 1. The highest BCUT2D eigenvalue weighted by atomic mass is 19.1. The van der Waals surface area contributed by atoms with Crippen LogP contribution in [0.1, 0.15) is 15.9 Å². The first-order valence-electron chi connectivity index (χ1n) is 4.89. The molecule has 1 heterocycles. The van der Waals surface area contributed by atoms with E-state index in [2.05, 4.69) is 0 Å². The molecule has 15 heavy (non-hydrogen) atoms. The van der Waals surface area contributed by atoms with Crippen LogP contribution in [0.4, 0.5) is 4.39 Å². The molecule has 0 radical (unpaired) electrons. The Morgan fingerprint density at radius 3 is 2.80 bits per heavy atom. The second-order valence-electron chi connectivity index (χ2n) is 3.95. The summed E-state index contributed by atoms with van der Waals surface area (Å²) in [5.41, 5.74) is 6.58. The van der Waals surface area contributed by atoms with E-state index in [4.69, 9.17) is 5.73 Å². The maximum absolute atomic E-state index is 13.4. The number of halogens is 1. The van der Waals surface area contributed by atoms with Gasteiger partial charge in [-0.15, -0.1) is 0 Å². The Hall–Kier alpha value is -1.42. The van der Waals surface area contributed by atoms with Crippen molar-refractivity contribution in [2.45, 2.75) is 13.0 Å². The molecule has 2 rings (SSSR count). The highest BCUT2D eigenvalue weighted by Gasteiger charge is 2.29. The number of carbonyl (C=O) groups excluding carboxylic acids is 1. The number of amides is 1. The largest absolute Gasteiger partial charge is 0.335 e. The maximum atomic E-state index is 13.4. The summed E-state index contributed by atoms with van der Waals surface area (Å²) in [6.07, 6.45) is 0. The van der Waals surface area contributed by atoms with Crippen LogP contribution in [0, 0.1) is 12.7 Å². The minimum absolute atomic E-state index is 0.0434. The normalized spacial score (nSPS) is 16.3. The number of hydrogen-bond acceptors (Lipinski definition) is 2. The Labute approximate surface area is 87.7 Å². The van der Waals surface area contributed by atoms with E-state index in [0.29, 0.717) is 13.1 Å². The fourth-order valence-electron chi connectivity index (χ4n) is 1.65. The third-order valence-corrected chi connectivity index (χ3v) is 2.55. The van der Waals surface area contributed by atoms with Gasteiger partial charge in [0.1, 0.15) is 5.82 Å². The van der Waals surface area contributed by atoms with Crippen molar-refractivity contribution >= 4 is 5.91 Å². The van der Waals surface area contributed by atoms with Gasteiger partial charge in [-0.05, 0) is 19.1 Å². The summed E-state index contributed by atoms with van der Waals surface area (Å²) >= 11 is 0. The van der Waals surface area contributed by atoms with Crippen molar-refractivity contribution in [3.8, 4) is 0 Å². The van der Waals surface area contributed by atoms with Crippen molar-refractivity contribution in [3.63, 3.8) is 0 Å². The summed E-state index contributed by atoms with van der Waals surface area (Å²) in [5.74, 6) is -0.732. The average Bonchev–Trinajstić information content (AvgIpc) is 2.16. The third-order valence-electron chi connectivity index (χ3n) is 2.55. The van der Waals surface area contributed by atoms with Crippen LogP contribution in [-0.4, -0.2) is 29.9 Å². The minimum atomic E-state index is -0.467. The van der Waals surface area contributed by atoms with Crippen LogP contribution in [0.2, 0.25) is 0 Å². The number of nitrogens with two attached hydrogens (primary N) is 1. The van der Waals surface area contributed by atoms with Gasteiger partial charge in [0.05, 0.1) is 5.56 Å². The molecule has 1 fully saturated rings. The highest BCUT2D eigenvalue weighted by molar-refractivity contribution is 5.95. The fourth-order valence-corrected chi connectivity index (χ4v) is 1.65. The number of benzene rings is 1. The Bertz CT molecular complexity index is 400.